The maximum atomic E-state index is 13.4. The van der Waals surface area contributed by atoms with Gasteiger partial charge in [0.05, 0.1) is 35.3 Å². The van der Waals surface area contributed by atoms with E-state index in [4.69, 9.17) is 0 Å². The predicted molar refractivity (Wildman–Crippen MR) is 112 cm³/mol. The third-order valence-corrected chi connectivity index (χ3v) is 8.24. The number of imidazole rings is 1. The van der Waals surface area contributed by atoms with Crippen molar-refractivity contribution in [3.05, 3.63) is 24.5 Å². The van der Waals surface area contributed by atoms with Crippen molar-refractivity contribution in [1.29, 1.82) is 0 Å². The highest BCUT2D eigenvalue weighted by molar-refractivity contribution is 7.89. The summed E-state index contributed by atoms with van der Waals surface area (Å²) in [6.07, 6.45) is 6.69. The molecule has 0 unspecified atom stereocenters. The number of nitrogens with zero attached hydrogens (tertiary/aromatic N) is 6. The van der Waals surface area contributed by atoms with Crippen LogP contribution >= 0.6 is 0 Å². The number of rotatable bonds is 3. The molecule has 9 heteroatoms. The predicted octanol–water partition coefficient (Wildman–Crippen LogP) is 1.49. The van der Waals surface area contributed by atoms with Gasteiger partial charge < -0.3 is 9.47 Å². The molecule has 0 amide bonds. The molecule has 0 spiro atoms. The van der Waals surface area contributed by atoms with Gasteiger partial charge in [0.1, 0.15) is 0 Å². The Kier molecular flexibility index (Phi) is 4.74. The van der Waals surface area contributed by atoms with E-state index in [0.29, 0.717) is 24.6 Å². The van der Waals surface area contributed by atoms with Crippen molar-refractivity contribution in [3.8, 4) is 0 Å². The summed E-state index contributed by atoms with van der Waals surface area (Å²) in [5.74, 6) is 0.613. The van der Waals surface area contributed by atoms with E-state index in [2.05, 4.69) is 19.8 Å². The van der Waals surface area contributed by atoms with Gasteiger partial charge in [0.25, 0.3) is 10.0 Å². The van der Waals surface area contributed by atoms with Gasteiger partial charge in [-0.25, -0.2) is 17.7 Å². The summed E-state index contributed by atoms with van der Waals surface area (Å²) in [7, 11) is -1.75. The van der Waals surface area contributed by atoms with E-state index in [9.17, 15) is 8.42 Å². The van der Waals surface area contributed by atoms with Crippen molar-refractivity contribution in [2.45, 2.75) is 36.6 Å². The number of fused-ring (bicyclic) bond motifs is 1. The molecule has 0 atom stereocenters. The first-order chi connectivity index (χ1) is 14.0. The summed E-state index contributed by atoms with van der Waals surface area (Å²) in [5.41, 5.74) is 1.61. The van der Waals surface area contributed by atoms with Gasteiger partial charge in [-0.3, -0.25) is 9.89 Å². The highest BCUT2D eigenvalue weighted by Gasteiger charge is 2.35. The summed E-state index contributed by atoms with van der Waals surface area (Å²) >= 11 is 0. The highest BCUT2D eigenvalue weighted by Crippen LogP contribution is 2.27. The van der Waals surface area contributed by atoms with Crippen molar-refractivity contribution >= 4 is 27.0 Å². The van der Waals surface area contributed by atoms with Crippen molar-refractivity contribution in [2.75, 3.05) is 39.3 Å². The molecule has 1 aliphatic carbocycles. The van der Waals surface area contributed by atoms with Crippen LogP contribution in [0.25, 0.3) is 11.0 Å². The van der Waals surface area contributed by atoms with Crippen LogP contribution in [0.5, 0.6) is 0 Å². The zero-order valence-corrected chi connectivity index (χ0v) is 17.7. The highest BCUT2D eigenvalue weighted by atomic mass is 32.2. The summed E-state index contributed by atoms with van der Waals surface area (Å²) in [6, 6.07) is 5.90. The molecule has 29 heavy (non-hydrogen) atoms. The number of aryl methyl sites for hydroxylation is 1. The lowest BCUT2D eigenvalue weighted by Gasteiger charge is -2.37. The van der Waals surface area contributed by atoms with E-state index in [1.165, 1.54) is 23.6 Å². The van der Waals surface area contributed by atoms with E-state index < -0.39 is 10.0 Å². The van der Waals surface area contributed by atoms with E-state index in [1.54, 1.807) is 18.5 Å². The third-order valence-electron chi connectivity index (χ3n) is 6.47. The molecular weight excluding hydrogens is 388 g/mol. The molecule has 1 aromatic carbocycles. The molecule has 0 bridgehead atoms. The maximum Gasteiger partial charge on any atom is 0.266 e. The van der Waals surface area contributed by atoms with Crippen LogP contribution in [0.2, 0.25) is 0 Å². The minimum absolute atomic E-state index is 0.282. The SMILES string of the molecule is Cn1cnc2cc(S(=O)(=O)N3CCN=C3N3CCCN(C4CCC4)CC3)ccc21. The second-order valence-corrected chi connectivity index (χ2v) is 10.1. The Morgan fingerprint density at radius 1 is 1.03 bits per heavy atom. The number of aromatic nitrogens is 2. The summed E-state index contributed by atoms with van der Waals surface area (Å²) in [4.78, 5) is 13.9. The van der Waals surface area contributed by atoms with Gasteiger partial charge in [0, 0.05) is 39.3 Å². The monoisotopic (exact) mass is 416 g/mol. The summed E-state index contributed by atoms with van der Waals surface area (Å²) in [5, 5.41) is 0. The molecule has 3 heterocycles. The number of aliphatic imine (C=N–C) groups is 1. The topological polar surface area (TPSA) is 74.0 Å². The average Bonchev–Trinajstić information content (AvgIpc) is 3.23. The minimum atomic E-state index is -3.66. The largest absolute Gasteiger partial charge is 0.341 e. The first-order valence-electron chi connectivity index (χ1n) is 10.5. The van der Waals surface area contributed by atoms with Crippen LogP contribution in [-0.4, -0.2) is 83.3 Å². The Balaban J connectivity index is 1.37. The zero-order valence-electron chi connectivity index (χ0n) is 16.9. The normalized spacial score (nSPS) is 22.0. The number of sulfonamides is 1. The molecule has 1 saturated heterocycles. The first-order valence-corrected chi connectivity index (χ1v) is 12.0. The zero-order chi connectivity index (χ0) is 20.0. The van der Waals surface area contributed by atoms with Crippen molar-refractivity contribution in [1.82, 2.24) is 23.7 Å². The Hall–Kier alpha value is -2.13. The fourth-order valence-electron chi connectivity index (χ4n) is 4.56. The fourth-order valence-corrected chi connectivity index (χ4v) is 6.03. The fraction of sp³-hybridized carbons (Fsp3) is 0.600. The molecule has 0 N–H and O–H groups in total. The van der Waals surface area contributed by atoms with Crippen molar-refractivity contribution < 1.29 is 8.42 Å². The molecule has 0 radical (unpaired) electrons. The van der Waals surface area contributed by atoms with Crippen LogP contribution in [0.15, 0.2) is 34.4 Å². The van der Waals surface area contributed by atoms with E-state index in [1.807, 2.05) is 17.7 Å². The molecule has 3 aliphatic rings. The second kappa shape index (κ2) is 7.28. The van der Waals surface area contributed by atoms with Gasteiger partial charge in [-0.1, -0.05) is 6.42 Å². The quantitative estimate of drug-likeness (QED) is 0.758. The summed E-state index contributed by atoms with van der Waals surface area (Å²) < 4.78 is 30.2. The minimum Gasteiger partial charge on any atom is -0.341 e. The molecule has 1 saturated carbocycles. The standard InChI is InChI=1S/C20H28N6O2S/c1-23-15-22-18-14-17(6-7-19(18)23)29(27,28)26-11-8-21-20(26)25-10-3-9-24(12-13-25)16-4-2-5-16/h6-7,14-16H,2-5,8-13H2,1H3. The van der Waals surface area contributed by atoms with E-state index in [0.717, 1.165) is 44.2 Å². The smallest absolute Gasteiger partial charge is 0.266 e. The number of hydrogen-bond donors (Lipinski definition) is 0. The maximum absolute atomic E-state index is 13.4. The molecule has 2 aromatic rings. The van der Waals surface area contributed by atoms with Gasteiger partial charge in [0.2, 0.25) is 5.96 Å². The van der Waals surface area contributed by atoms with Crippen LogP contribution in [0.1, 0.15) is 25.7 Å². The molecule has 1 aromatic heterocycles. The number of hydrogen-bond acceptors (Lipinski definition) is 6. The van der Waals surface area contributed by atoms with Crippen molar-refractivity contribution in [2.24, 2.45) is 12.0 Å². The number of benzene rings is 1. The average molecular weight is 417 g/mol. The molecule has 5 rings (SSSR count). The van der Waals surface area contributed by atoms with Crippen molar-refractivity contribution in [3.63, 3.8) is 0 Å². The van der Waals surface area contributed by atoms with E-state index in [-0.39, 0.29) is 4.90 Å². The van der Waals surface area contributed by atoms with E-state index >= 15 is 0 Å². The van der Waals surface area contributed by atoms with Crippen LogP contribution in [0, 0.1) is 0 Å². The second-order valence-electron chi connectivity index (χ2n) is 8.23. The van der Waals surface area contributed by atoms with Crippen LogP contribution in [-0.2, 0) is 17.1 Å². The lowest BCUT2D eigenvalue weighted by molar-refractivity contribution is 0.134. The Bertz CT molecular complexity index is 1040. The molecule has 8 nitrogen and oxygen atoms in total. The van der Waals surface area contributed by atoms with Gasteiger partial charge in [0.15, 0.2) is 0 Å². The van der Waals surface area contributed by atoms with Crippen LogP contribution < -0.4 is 0 Å². The molecule has 156 valence electrons. The molecule has 2 aliphatic heterocycles. The molecular formula is C20H28N6O2S. The molecule has 2 fully saturated rings. The first kappa shape index (κ1) is 18.9. The Morgan fingerprint density at radius 2 is 1.90 bits per heavy atom. The van der Waals surface area contributed by atoms with Gasteiger partial charge in [-0.2, -0.15) is 0 Å². The lowest BCUT2D eigenvalue weighted by Crippen LogP contribution is -2.47. The van der Waals surface area contributed by atoms with Gasteiger partial charge in [-0.15, -0.1) is 0 Å². The van der Waals surface area contributed by atoms with Crippen LogP contribution in [0.4, 0.5) is 0 Å². The Morgan fingerprint density at radius 3 is 2.69 bits per heavy atom. The Labute approximate surface area is 171 Å². The van der Waals surface area contributed by atoms with Crippen LogP contribution in [0.3, 0.4) is 0 Å². The third kappa shape index (κ3) is 3.30. The number of guanidine groups is 1. The lowest BCUT2D eigenvalue weighted by atomic mass is 9.91. The van der Waals surface area contributed by atoms with Gasteiger partial charge >= 0.3 is 0 Å². The van der Waals surface area contributed by atoms with Gasteiger partial charge in [-0.05, 0) is 37.5 Å². The summed E-state index contributed by atoms with van der Waals surface area (Å²) in [6.45, 7) is 4.69.